The van der Waals surface area contributed by atoms with E-state index in [0.29, 0.717) is 23.4 Å². The lowest BCUT2D eigenvalue weighted by atomic mass is 10.00. The topological polar surface area (TPSA) is 65.4 Å². The second-order valence-corrected chi connectivity index (χ2v) is 5.47. The molecule has 1 saturated heterocycles. The molecule has 1 N–H and O–H groups in total. The highest BCUT2D eigenvalue weighted by Gasteiger charge is 2.26. The number of amides is 1. The molecular formula is C16H21N3O2. The average molecular weight is 287 g/mol. The van der Waals surface area contributed by atoms with Gasteiger partial charge >= 0.3 is 0 Å². The Balaban J connectivity index is 1.89. The van der Waals surface area contributed by atoms with Gasteiger partial charge in [-0.1, -0.05) is 18.6 Å². The summed E-state index contributed by atoms with van der Waals surface area (Å²) in [6.45, 7) is 4.14. The second-order valence-electron chi connectivity index (χ2n) is 5.47. The van der Waals surface area contributed by atoms with Crippen molar-refractivity contribution in [3.05, 3.63) is 29.8 Å². The Kier molecular flexibility index (Phi) is 5.18. The van der Waals surface area contributed by atoms with Gasteiger partial charge in [0.1, 0.15) is 11.8 Å². The maximum absolute atomic E-state index is 12.0. The van der Waals surface area contributed by atoms with Gasteiger partial charge in [-0.3, -0.25) is 10.2 Å². The Morgan fingerprint density at radius 2 is 2.05 bits per heavy atom. The van der Waals surface area contributed by atoms with Crippen LogP contribution in [0, 0.1) is 11.3 Å². The Bertz CT molecular complexity index is 529. The van der Waals surface area contributed by atoms with Crippen LogP contribution < -0.4 is 10.2 Å². The van der Waals surface area contributed by atoms with Crippen LogP contribution in [0.25, 0.3) is 0 Å². The predicted octanol–water partition coefficient (Wildman–Crippen LogP) is 2.23. The van der Waals surface area contributed by atoms with Gasteiger partial charge in [0.15, 0.2) is 6.61 Å². The van der Waals surface area contributed by atoms with Gasteiger partial charge in [0.05, 0.1) is 5.56 Å². The highest BCUT2D eigenvalue weighted by molar-refractivity contribution is 5.77. The summed E-state index contributed by atoms with van der Waals surface area (Å²) < 4.78 is 5.44. The number of rotatable bonds is 4. The molecule has 112 valence electrons. The fourth-order valence-corrected chi connectivity index (χ4v) is 2.65. The van der Waals surface area contributed by atoms with Crippen molar-refractivity contribution in [2.24, 2.45) is 0 Å². The fraction of sp³-hybridized carbons (Fsp3) is 0.500. The van der Waals surface area contributed by atoms with E-state index < -0.39 is 0 Å². The number of hydrogen-bond acceptors (Lipinski definition) is 4. The van der Waals surface area contributed by atoms with Crippen LogP contribution >= 0.6 is 0 Å². The van der Waals surface area contributed by atoms with Crippen molar-refractivity contribution in [3.8, 4) is 11.8 Å². The summed E-state index contributed by atoms with van der Waals surface area (Å²) in [5.74, 6) is 0.248. The van der Waals surface area contributed by atoms with E-state index in [0.717, 1.165) is 12.8 Å². The number of hydrogen-bond donors (Lipinski definition) is 1. The van der Waals surface area contributed by atoms with Crippen LogP contribution in [-0.4, -0.2) is 29.6 Å². The normalized spacial score (nSPS) is 22.3. The number of carbonyl (C=O) groups excluding carboxylic acids is 1. The van der Waals surface area contributed by atoms with Crippen molar-refractivity contribution in [1.82, 2.24) is 10.4 Å². The monoisotopic (exact) mass is 287 g/mol. The summed E-state index contributed by atoms with van der Waals surface area (Å²) in [5, 5.41) is 11.0. The van der Waals surface area contributed by atoms with E-state index in [1.165, 1.54) is 6.42 Å². The molecule has 1 aromatic rings. The molecule has 5 nitrogen and oxygen atoms in total. The maximum Gasteiger partial charge on any atom is 0.272 e. The summed E-state index contributed by atoms with van der Waals surface area (Å²) in [5.41, 5.74) is 3.35. The van der Waals surface area contributed by atoms with E-state index in [1.54, 1.807) is 24.3 Å². The summed E-state index contributed by atoms with van der Waals surface area (Å²) in [7, 11) is 0. The lowest BCUT2D eigenvalue weighted by Gasteiger charge is -2.38. The lowest BCUT2D eigenvalue weighted by Crippen LogP contribution is -2.55. The molecule has 1 fully saturated rings. The number of benzene rings is 1. The molecule has 0 aliphatic carbocycles. The molecule has 21 heavy (non-hydrogen) atoms. The van der Waals surface area contributed by atoms with Crippen LogP contribution in [0.4, 0.5) is 0 Å². The van der Waals surface area contributed by atoms with Crippen molar-refractivity contribution in [3.63, 3.8) is 0 Å². The maximum atomic E-state index is 12.0. The summed E-state index contributed by atoms with van der Waals surface area (Å²) in [6.07, 6.45) is 3.37. The van der Waals surface area contributed by atoms with Crippen LogP contribution in [0.1, 0.15) is 38.7 Å². The van der Waals surface area contributed by atoms with Gasteiger partial charge < -0.3 is 4.74 Å². The van der Waals surface area contributed by atoms with E-state index in [-0.39, 0.29) is 12.5 Å². The third kappa shape index (κ3) is 3.96. The van der Waals surface area contributed by atoms with Gasteiger partial charge in [0.2, 0.25) is 0 Å². The number of nitrogens with one attached hydrogen (secondary N) is 1. The predicted molar refractivity (Wildman–Crippen MR) is 79.4 cm³/mol. The minimum atomic E-state index is -0.191. The number of nitrogens with zero attached hydrogens (tertiary/aromatic N) is 2. The molecule has 2 unspecified atom stereocenters. The third-order valence-electron chi connectivity index (χ3n) is 3.81. The molecule has 0 aromatic heterocycles. The summed E-state index contributed by atoms with van der Waals surface area (Å²) in [4.78, 5) is 12.0. The lowest BCUT2D eigenvalue weighted by molar-refractivity contribution is -0.131. The Hall–Kier alpha value is -2.06. The zero-order valence-corrected chi connectivity index (χ0v) is 12.5. The highest BCUT2D eigenvalue weighted by Crippen LogP contribution is 2.20. The SMILES string of the molecule is CC1CCCC(C)N1NC(=O)COc1ccccc1C#N. The van der Waals surface area contributed by atoms with Crippen LogP contribution in [0.15, 0.2) is 24.3 Å². The van der Waals surface area contributed by atoms with Crippen LogP contribution in [0.2, 0.25) is 0 Å². The number of carbonyl (C=O) groups is 1. The molecule has 1 aromatic carbocycles. The zero-order chi connectivity index (χ0) is 15.2. The molecule has 0 radical (unpaired) electrons. The van der Waals surface area contributed by atoms with Gasteiger partial charge in [-0.25, -0.2) is 5.01 Å². The van der Waals surface area contributed by atoms with Gasteiger partial charge in [-0.15, -0.1) is 0 Å². The molecule has 0 bridgehead atoms. The molecule has 0 saturated carbocycles. The van der Waals surface area contributed by atoms with Crippen molar-refractivity contribution in [2.45, 2.75) is 45.2 Å². The highest BCUT2D eigenvalue weighted by atomic mass is 16.5. The molecule has 2 rings (SSSR count). The third-order valence-corrected chi connectivity index (χ3v) is 3.81. The largest absolute Gasteiger partial charge is 0.482 e. The quantitative estimate of drug-likeness (QED) is 0.922. The molecular weight excluding hydrogens is 266 g/mol. The second kappa shape index (κ2) is 7.09. The van der Waals surface area contributed by atoms with Crippen LogP contribution in [-0.2, 0) is 4.79 Å². The molecule has 0 spiro atoms. The molecule has 2 atom stereocenters. The Labute approximate surface area is 125 Å². The van der Waals surface area contributed by atoms with E-state index >= 15 is 0 Å². The molecule has 1 aliphatic heterocycles. The minimum absolute atomic E-state index is 0.0887. The molecule has 1 amide bonds. The van der Waals surface area contributed by atoms with E-state index in [9.17, 15) is 4.79 Å². The van der Waals surface area contributed by atoms with Gasteiger partial charge in [0.25, 0.3) is 5.91 Å². The smallest absolute Gasteiger partial charge is 0.272 e. The summed E-state index contributed by atoms with van der Waals surface area (Å²) >= 11 is 0. The minimum Gasteiger partial charge on any atom is -0.482 e. The van der Waals surface area contributed by atoms with E-state index in [1.807, 2.05) is 11.1 Å². The first-order chi connectivity index (χ1) is 10.1. The van der Waals surface area contributed by atoms with Crippen LogP contribution in [0.3, 0.4) is 0 Å². The number of hydrazine groups is 1. The number of ether oxygens (including phenoxy) is 1. The van der Waals surface area contributed by atoms with Crippen molar-refractivity contribution < 1.29 is 9.53 Å². The first kappa shape index (κ1) is 15.3. The number of nitriles is 1. The molecule has 1 heterocycles. The van der Waals surface area contributed by atoms with Gasteiger partial charge in [0, 0.05) is 12.1 Å². The number of para-hydroxylation sites is 1. The van der Waals surface area contributed by atoms with Crippen molar-refractivity contribution in [1.29, 1.82) is 5.26 Å². The zero-order valence-electron chi connectivity index (χ0n) is 12.5. The van der Waals surface area contributed by atoms with Crippen LogP contribution in [0.5, 0.6) is 5.75 Å². The molecule has 5 heteroatoms. The van der Waals surface area contributed by atoms with Gasteiger partial charge in [-0.2, -0.15) is 5.26 Å². The average Bonchev–Trinajstić information content (AvgIpc) is 2.49. The van der Waals surface area contributed by atoms with E-state index in [4.69, 9.17) is 10.00 Å². The van der Waals surface area contributed by atoms with Crippen molar-refractivity contribution in [2.75, 3.05) is 6.61 Å². The number of piperidine rings is 1. The standard InChI is InChI=1S/C16H21N3O2/c1-12-6-5-7-13(2)19(12)18-16(20)11-21-15-9-4-3-8-14(15)10-17/h3-4,8-9,12-13H,5-7,11H2,1-2H3,(H,18,20). The van der Waals surface area contributed by atoms with Gasteiger partial charge in [-0.05, 0) is 38.8 Å². The van der Waals surface area contributed by atoms with Crippen molar-refractivity contribution >= 4 is 5.91 Å². The fourth-order valence-electron chi connectivity index (χ4n) is 2.65. The summed E-state index contributed by atoms with van der Waals surface area (Å²) in [6, 6.07) is 9.63. The van der Waals surface area contributed by atoms with E-state index in [2.05, 4.69) is 19.3 Å². The molecule has 1 aliphatic rings. The Morgan fingerprint density at radius 3 is 2.71 bits per heavy atom. The Morgan fingerprint density at radius 1 is 1.38 bits per heavy atom. The first-order valence-electron chi connectivity index (χ1n) is 7.31. The first-order valence-corrected chi connectivity index (χ1v) is 7.31.